The van der Waals surface area contributed by atoms with Gasteiger partial charge in [-0.3, -0.25) is 0 Å². The van der Waals surface area contributed by atoms with Crippen LogP contribution in [0.3, 0.4) is 0 Å². The van der Waals surface area contributed by atoms with Crippen molar-refractivity contribution in [2.45, 2.75) is 40.5 Å². The fraction of sp³-hybridized carbons (Fsp3) is 0.538. The smallest absolute Gasteiger partial charge is 0.121 e. The van der Waals surface area contributed by atoms with Gasteiger partial charge < -0.3 is 4.74 Å². The number of rotatable bonds is 6. The zero-order chi connectivity index (χ0) is 11.0. The normalized spacial score (nSPS) is 12.9. The summed E-state index contributed by atoms with van der Waals surface area (Å²) in [6.07, 6.45) is 6.25. The first-order valence-electron chi connectivity index (χ1n) is 5.31. The van der Waals surface area contributed by atoms with Crippen molar-refractivity contribution < 1.29 is 4.74 Å². The van der Waals surface area contributed by atoms with Crippen molar-refractivity contribution in [3.8, 4) is 0 Å². The average Bonchev–Trinajstić information content (AvgIpc) is 2.18. The van der Waals surface area contributed by atoms with Gasteiger partial charge in [-0.15, -0.1) is 0 Å². The minimum atomic E-state index is 0.763. The predicted molar refractivity (Wildman–Crippen MR) is 63.2 cm³/mol. The molecular formula is C13H22O. The summed E-state index contributed by atoms with van der Waals surface area (Å²) < 4.78 is 5.61. The summed E-state index contributed by atoms with van der Waals surface area (Å²) in [7, 11) is 0. The van der Waals surface area contributed by atoms with E-state index in [1.807, 2.05) is 13.8 Å². The third-order valence-electron chi connectivity index (χ3n) is 1.98. The Hall–Kier alpha value is -0.980. The van der Waals surface area contributed by atoms with Crippen molar-refractivity contribution in [2.75, 3.05) is 6.61 Å². The van der Waals surface area contributed by atoms with Crippen LogP contribution < -0.4 is 0 Å². The molecular weight excluding hydrogens is 172 g/mol. The number of hydrogen-bond donors (Lipinski definition) is 0. The Morgan fingerprint density at radius 1 is 1.36 bits per heavy atom. The lowest BCUT2D eigenvalue weighted by Gasteiger charge is -2.10. The van der Waals surface area contributed by atoms with Crippen molar-refractivity contribution >= 4 is 0 Å². The third kappa shape index (κ3) is 4.90. The molecule has 0 radical (unpaired) electrons. The van der Waals surface area contributed by atoms with Crippen molar-refractivity contribution in [3.05, 3.63) is 35.6 Å². The lowest BCUT2D eigenvalue weighted by atomic mass is 10.1. The van der Waals surface area contributed by atoms with Crippen LogP contribution in [-0.4, -0.2) is 6.61 Å². The van der Waals surface area contributed by atoms with Gasteiger partial charge in [0, 0.05) is 0 Å². The molecule has 80 valence electrons. The first kappa shape index (κ1) is 13.0. The van der Waals surface area contributed by atoms with E-state index in [4.69, 9.17) is 4.74 Å². The van der Waals surface area contributed by atoms with Gasteiger partial charge in [-0.1, -0.05) is 26.5 Å². The van der Waals surface area contributed by atoms with E-state index in [1.54, 1.807) is 0 Å². The molecule has 0 atom stereocenters. The lowest BCUT2D eigenvalue weighted by molar-refractivity contribution is 0.220. The van der Waals surface area contributed by atoms with Crippen LogP contribution in [0.1, 0.15) is 40.5 Å². The van der Waals surface area contributed by atoms with Crippen LogP contribution in [0.15, 0.2) is 35.6 Å². The molecule has 0 unspecified atom stereocenters. The zero-order valence-corrected chi connectivity index (χ0v) is 9.89. The van der Waals surface area contributed by atoms with Crippen molar-refractivity contribution in [2.24, 2.45) is 0 Å². The van der Waals surface area contributed by atoms with E-state index in [-0.39, 0.29) is 0 Å². The molecule has 0 aliphatic heterocycles. The van der Waals surface area contributed by atoms with Crippen LogP contribution in [0.4, 0.5) is 0 Å². The number of allylic oxidation sites excluding steroid dienone is 4. The summed E-state index contributed by atoms with van der Waals surface area (Å²) in [5.74, 6) is 0.918. The Bertz CT molecular complexity index is 234. The summed E-state index contributed by atoms with van der Waals surface area (Å²) >= 11 is 0. The van der Waals surface area contributed by atoms with Crippen molar-refractivity contribution in [1.82, 2.24) is 0 Å². The van der Waals surface area contributed by atoms with E-state index in [0.29, 0.717) is 0 Å². The van der Waals surface area contributed by atoms with Crippen LogP contribution in [0.5, 0.6) is 0 Å². The van der Waals surface area contributed by atoms with Gasteiger partial charge in [-0.05, 0) is 43.9 Å². The van der Waals surface area contributed by atoms with Gasteiger partial charge >= 0.3 is 0 Å². The monoisotopic (exact) mass is 194 g/mol. The molecule has 0 amide bonds. The molecule has 1 nitrogen and oxygen atoms in total. The molecule has 1 heteroatoms. The van der Waals surface area contributed by atoms with Gasteiger partial charge in [0.25, 0.3) is 0 Å². The second-order valence-electron chi connectivity index (χ2n) is 3.35. The topological polar surface area (TPSA) is 9.23 Å². The molecule has 0 fully saturated rings. The van der Waals surface area contributed by atoms with Gasteiger partial charge in [0.2, 0.25) is 0 Å². The van der Waals surface area contributed by atoms with Crippen molar-refractivity contribution in [1.29, 1.82) is 0 Å². The maximum Gasteiger partial charge on any atom is 0.121 e. The van der Waals surface area contributed by atoms with E-state index in [9.17, 15) is 0 Å². The van der Waals surface area contributed by atoms with E-state index in [2.05, 4.69) is 32.6 Å². The summed E-state index contributed by atoms with van der Waals surface area (Å²) in [4.78, 5) is 0. The molecule has 0 spiro atoms. The molecule has 14 heavy (non-hydrogen) atoms. The van der Waals surface area contributed by atoms with Gasteiger partial charge in [0.05, 0.1) is 6.61 Å². The Morgan fingerprint density at radius 2 is 2.00 bits per heavy atom. The Balaban J connectivity index is 4.54. The molecule has 0 aromatic rings. The molecule has 0 heterocycles. The van der Waals surface area contributed by atoms with Crippen LogP contribution in [-0.2, 0) is 4.74 Å². The quantitative estimate of drug-likeness (QED) is 0.454. The molecule has 0 bridgehead atoms. The van der Waals surface area contributed by atoms with Gasteiger partial charge in [-0.2, -0.15) is 0 Å². The molecule has 0 aliphatic rings. The summed E-state index contributed by atoms with van der Waals surface area (Å²) in [5.41, 5.74) is 2.28. The van der Waals surface area contributed by atoms with Crippen LogP contribution in [0, 0.1) is 0 Å². The molecule has 0 saturated heterocycles. The highest BCUT2D eigenvalue weighted by molar-refractivity contribution is 5.30. The number of hydrogen-bond acceptors (Lipinski definition) is 1. The standard InChI is InChI=1S/C13H22O/c1-6-9-14-13(11(4)5)10-12(7-2)8-3/h7,10H,4,6,8-9H2,1-3,5H3/b12-7-,13-10+. The molecule has 0 aliphatic carbocycles. The average molecular weight is 194 g/mol. The highest BCUT2D eigenvalue weighted by Crippen LogP contribution is 2.14. The Labute approximate surface area is 88.2 Å². The second-order valence-corrected chi connectivity index (χ2v) is 3.35. The van der Waals surface area contributed by atoms with Crippen molar-refractivity contribution in [3.63, 3.8) is 0 Å². The molecule has 0 N–H and O–H groups in total. The first-order valence-corrected chi connectivity index (χ1v) is 5.31. The molecule has 0 rings (SSSR count). The summed E-state index contributed by atoms with van der Waals surface area (Å²) in [6, 6.07) is 0. The van der Waals surface area contributed by atoms with Crippen LogP contribution >= 0.6 is 0 Å². The summed E-state index contributed by atoms with van der Waals surface area (Å²) in [6.45, 7) is 12.9. The molecule has 0 saturated carbocycles. The summed E-state index contributed by atoms with van der Waals surface area (Å²) in [5, 5.41) is 0. The van der Waals surface area contributed by atoms with E-state index < -0.39 is 0 Å². The second kappa shape index (κ2) is 7.43. The fourth-order valence-electron chi connectivity index (χ4n) is 1.06. The highest BCUT2D eigenvalue weighted by Gasteiger charge is 1.99. The minimum absolute atomic E-state index is 0.763. The SMILES string of the molecule is C=C(C)/C(=C\C(=C/C)CC)OCCC. The maximum atomic E-state index is 5.61. The first-order chi connectivity index (χ1) is 6.65. The Morgan fingerprint density at radius 3 is 2.36 bits per heavy atom. The van der Waals surface area contributed by atoms with E-state index in [0.717, 1.165) is 30.8 Å². The Kier molecular flexibility index (Phi) is 6.91. The van der Waals surface area contributed by atoms with Crippen LogP contribution in [0.25, 0.3) is 0 Å². The zero-order valence-electron chi connectivity index (χ0n) is 9.89. The van der Waals surface area contributed by atoms with Gasteiger partial charge in [0.15, 0.2) is 0 Å². The van der Waals surface area contributed by atoms with E-state index >= 15 is 0 Å². The minimum Gasteiger partial charge on any atom is -0.493 e. The molecule has 0 aromatic carbocycles. The maximum absolute atomic E-state index is 5.61. The third-order valence-corrected chi connectivity index (χ3v) is 1.98. The fourth-order valence-corrected chi connectivity index (χ4v) is 1.06. The predicted octanol–water partition coefficient (Wildman–Crippen LogP) is 4.23. The largest absolute Gasteiger partial charge is 0.493 e. The van der Waals surface area contributed by atoms with Gasteiger partial charge in [0.1, 0.15) is 5.76 Å². The van der Waals surface area contributed by atoms with Gasteiger partial charge in [-0.25, -0.2) is 0 Å². The number of ether oxygens (including phenoxy) is 1. The van der Waals surface area contributed by atoms with E-state index in [1.165, 1.54) is 5.57 Å². The lowest BCUT2D eigenvalue weighted by Crippen LogP contribution is -1.95. The molecule has 0 aromatic heterocycles. The van der Waals surface area contributed by atoms with Crippen LogP contribution in [0.2, 0.25) is 0 Å². The highest BCUT2D eigenvalue weighted by atomic mass is 16.5.